The van der Waals surface area contributed by atoms with E-state index in [-0.39, 0.29) is 24.3 Å². The Morgan fingerprint density at radius 2 is 1.92 bits per heavy atom. The van der Waals surface area contributed by atoms with Gasteiger partial charge in [0.25, 0.3) is 0 Å². The van der Waals surface area contributed by atoms with Gasteiger partial charge in [0.05, 0.1) is 17.6 Å². The Kier molecular flexibility index (Phi) is 4.16. The lowest BCUT2D eigenvalue weighted by molar-refractivity contribution is -0.126. The number of fused-ring (bicyclic) bond motifs is 1. The van der Waals surface area contributed by atoms with Gasteiger partial charge in [-0.2, -0.15) is 5.10 Å². The molecule has 0 radical (unpaired) electrons. The molecule has 26 heavy (non-hydrogen) atoms. The average molecular weight is 348 g/mol. The third kappa shape index (κ3) is 2.94. The normalized spacial score (nSPS) is 19.9. The molecule has 6 heteroatoms. The van der Waals surface area contributed by atoms with E-state index in [9.17, 15) is 9.59 Å². The molecule has 0 saturated carbocycles. The van der Waals surface area contributed by atoms with E-state index in [0.717, 1.165) is 22.3 Å². The maximum atomic E-state index is 12.8. The van der Waals surface area contributed by atoms with Gasteiger partial charge in [0.15, 0.2) is 0 Å². The average Bonchev–Trinajstić information content (AvgIpc) is 3.17. The number of aromatic amines is 1. The van der Waals surface area contributed by atoms with E-state index >= 15 is 0 Å². The Bertz CT molecular complexity index is 951. The van der Waals surface area contributed by atoms with Crippen molar-refractivity contribution in [2.75, 3.05) is 4.90 Å². The first-order valence-corrected chi connectivity index (χ1v) is 8.73. The molecule has 132 valence electrons. The zero-order valence-corrected chi connectivity index (χ0v) is 14.5. The van der Waals surface area contributed by atoms with E-state index in [2.05, 4.69) is 15.5 Å². The summed E-state index contributed by atoms with van der Waals surface area (Å²) < 4.78 is 0. The predicted molar refractivity (Wildman–Crippen MR) is 99.7 cm³/mol. The van der Waals surface area contributed by atoms with Gasteiger partial charge >= 0.3 is 0 Å². The summed E-state index contributed by atoms with van der Waals surface area (Å²) in [5, 5.41) is 10.9. The Morgan fingerprint density at radius 1 is 1.19 bits per heavy atom. The number of benzene rings is 2. The molecule has 1 aliphatic heterocycles. The van der Waals surface area contributed by atoms with Crippen molar-refractivity contribution in [2.24, 2.45) is 0 Å². The second-order valence-electron chi connectivity index (χ2n) is 6.64. The van der Waals surface area contributed by atoms with E-state index in [4.69, 9.17) is 0 Å². The fourth-order valence-corrected chi connectivity index (χ4v) is 3.58. The van der Waals surface area contributed by atoms with Crippen LogP contribution in [0.25, 0.3) is 10.9 Å². The van der Waals surface area contributed by atoms with E-state index in [1.807, 2.05) is 61.5 Å². The second kappa shape index (κ2) is 6.63. The van der Waals surface area contributed by atoms with Crippen molar-refractivity contribution in [3.63, 3.8) is 0 Å². The van der Waals surface area contributed by atoms with Gasteiger partial charge in [-0.05, 0) is 31.5 Å². The molecule has 1 aromatic heterocycles. The van der Waals surface area contributed by atoms with Crippen molar-refractivity contribution in [3.8, 4) is 0 Å². The molecule has 2 aromatic carbocycles. The molecule has 1 aliphatic rings. The zero-order valence-electron chi connectivity index (χ0n) is 14.5. The predicted octanol–water partition coefficient (Wildman–Crippen LogP) is 2.42. The zero-order chi connectivity index (χ0) is 18.1. The molecular formula is C20H20N4O2. The number of H-pyrrole nitrogens is 1. The van der Waals surface area contributed by atoms with Crippen LogP contribution in [0.4, 0.5) is 5.69 Å². The topological polar surface area (TPSA) is 78.1 Å². The number of hydrogen-bond donors (Lipinski definition) is 2. The first kappa shape index (κ1) is 16.3. The highest BCUT2D eigenvalue weighted by Gasteiger charge is 2.38. The number of para-hydroxylation sites is 2. The number of hydrogen-bond acceptors (Lipinski definition) is 3. The highest BCUT2D eigenvalue weighted by atomic mass is 16.2. The van der Waals surface area contributed by atoms with Gasteiger partial charge in [-0.15, -0.1) is 0 Å². The van der Waals surface area contributed by atoms with Crippen LogP contribution in [0.3, 0.4) is 0 Å². The van der Waals surface area contributed by atoms with Crippen molar-refractivity contribution < 1.29 is 9.59 Å². The van der Waals surface area contributed by atoms with Gasteiger partial charge in [0.1, 0.15) is 6.04 Å². The quantitative estimate of drug-likeness (QED) is 0.760. The number of carbonyl (C=O) groups is 2. The van der Waals surface area contributed by atoms with E-state index in [1.54, 1.807) is 4.90 Å². The van der Waals surface area contributed by atoms with E-state index in [0.29, 0.717) is 6.42 Å². The van der Waals surface area contributed by atoms with Gasteiger partial charge in [-0.1, -0.05) is 36.4 Å². The first-order chi connectivity index (χ1) is 12.6. The minimum atomic E-state index is -0.494. The third-order valence-electron chi connectivity index (χ3n) is 4.80. The molecule has 2 amide bonds. The van der Waals surface area contributed by atoms with Gasteiger partial charge in [0.2, 0.25) is 11.8 Å². The van der Waals surface area contributed by atoms with Crippen molar-refractivity contribution in [2.45, 2.75) is 31.8 Å². The lowest BCUT2D eigenvalue weighted by Crippen LogP contribution is -2.42. The number of aromatic nitrogens is 2. The number of amides is 2. The molecule has 2 N–H and O–H groups in total. The van der Waals surface area contributed by atoms with E-state index < -0.39 is 6.04 Å². The number of anilines is 1. The summed E-state index contributed by atoms with van der Waals surface area (Å²) in [4.78, 5) is 27.0. The number of nitrogens with one attached hydrogen (secondary N) is 2. The SMILES string of the molecule is C[C@@H]1C[C@@H](NC(=O)Cc2[nH]nc3ccccc23)C(=O)N1c1ccccc1. The molecule has 4 rings (SSSR count). The summed E-state index contributed by atoms with van der Waals surface area (Å²) in [7, 11) is 0. The lowest BCUT2D eigenvalue weighted by Gasteiger charge is -2.21. The molecule has 0 aliphatic carbocycles. The highest BCUT2D eigenvalue weighted by molar-refractivity contribution is 6.02. The molecular weight excluding hydrogens is 328 g/mol. The summed E-state index contributed by atoms with van der Waals surface area (Å²) in [5.74, 6) is -0.244. The van der Waals surface area contributed by atoms with E-state index in [1.165, 1.54) is 0 Å². The maximum absolute atomic E-state index is 12.8. The maximum Gasteiger partial charge on any atom is 0.249 e. The van der Waals surface area contributed by atoms with Crippen LogP contribution in [0.1, 0.15) is 19.0 Å². The van der Waals surface area contributed by atoms with Crippen molar-refractivity contribution >= 4 is 28.4 Å². The van der Waals surface area contributed by atoms with Crippen molar-refractivity contribution in [3.05, 3.63) is 60.3 Å². The monoisotopic (exact) mass is 348 g/mol. The molecule has 2 atom stereocenters. The minimum absolute atomic E-state index is 0.0446. The van der Waals surface area contributed by atoms with Crippen molar-refractivity contribution in [1.29, 1.82) is 0 Å². The Hall–Kier alpha value is -3.15. The lowest BCUT2D eigenvalue weighted by atomic mass is 10.1. The van der Waals surface area contributed by atoms with Crippen LogP contribution < -0.4 is 10.2 Å². The molecule has 0 unspecified atom stereocenters. The highest BCUT2D eigenvalue weighted by Crippen LogP contribution is 2.26. The summed E-state index contributed by atoms with van der Waals surface area (Å²) in [6, 6.07) is 16.8. The molecule has 0 bridgehead atoms. The van der Waals surface area contributed by atoms with Crippen LogP contribution in [0.5, 0.6) is 0 Å². The second-order valence-corrected chi connectivity index (χ2v) is 6.64. The van der Waals surface area contributed by atoms with Crippen molar-refractivity contribution in [1.82, 2.24) is 15.5 Å². The fraction of sp³-hybridized carbons (Fsp3) is 0.250. The van der Waals surface area contributed by atoms with Crippen LogP contribution in [0, 0.1) is 0 Å². The summed E-state index contributed by atoms with van der Waals surface area (Å²) in [6.07, 6.45) is 0.771. The van der Waals surface area contributed by atoms with Crippen LogP contribution in [0.15, 0.2) is 54.6 Å². The van der Waals surface area contributed by atoms with Crippen LogP contribution in [-0.2, 0) is 16.0 Å². The number of rotatable bonds is 4. The van der Waals surface area contributed by atoms with Gasteiger partial charge in [0, 0.05) is 17.1 Å². The summed E-state index contributed by atoms with van der Waals surface area (Å²) >= 11 is 0. The Balaban J connectivity index is 1.46. The van der Waals surface area contributed by atoms with Gasteiger partial charge in [-0.25, -0.2) is 0 Å². The summed E-state index contributed by atoms with van der Waals surface area (Å²) in [5.41, 5.74) is 2.45. The molecule has 1 fully saturated rings. The first-order valence-electron chi connectivity index (χ1n) is 8.73. The molecule has 6 nitrogen and oxygen atoms in total. The standard InChI is InChI=1S/C20H20N4O2/c1-13-11-18(20(26)24(13)14-7-3-2-4-8-14)21-19(25)12-17-15-9-5-6-10-16(15)22-23-17/h2-10,13,18H,11-12H2,1H3,(H,21,25)(H,22,23)/t13-,18-/m1/s1. The molecule has 1 saturated heterocycles. The number of nitrogens with zero attached hydrogens (tertiary/aromatic N) is 2. The smallest absolute Gasteiger partial charge is 0.249 e. The van der Waals surface area contributed by atoms with Gasteiger partial charge in [-0.3, -0.25) is 14.7 Å². The van der Waals surface area contributed by atoms with Crippen LogP contribution >= 0.6 is 0 Å². The van der Waals surface area contributed by atoms with Crippen LogP contribution in [-0.4, -0.2) is 34.1 Å². The molecule has 2 heterocycles. The fourth-order valence-electron chi connectivity index (χ4n) is 3.58. The molecule has 0 spiro atoms. The number of carbonyl (C=O) groups excluding carboxylic acids is 2. The Labute approximate surface area is 151 Å². The minimum Gasteiger partial charge on any atom is -0.344 e. The molecule has 3 aromatic rings. The van der Waals surface area contributed by atoms with Gasteiger partial charge < -0.3 is 10.2 Å². The Morgan fingerprint density at radius 3 is 2.73 bits per heavy atom. The summed E-state index contributed by atoms with van der Waals surface area (Å²) in [6.45, 7) is 2.00. The largest absolute Gasteiger partial charge is 0.344 e. The van der Waals surface area contributed by atoms with Crippen LogP contribution in [0.2, 0.25) is 0 Å². The third-order valence-corrected chi connectivity index (χ3v) is 4.80.